The maximum Gasteiger partial charge on any atom is 0.338 e. The van der Waals surface area contributed by atoms with Gasteiger partial charge in [0.15, 0.2) is 0 Å². The van der Waals surface area contributed by atoms with Gasteiger partial charge in [0.25, 0.3) is 0 Å². The van der Waals surface area contributed by atoms with Crippen LogP contribution in [0.15, 0.2) is 29.1 Å². The van der Waals surface area contributed by atoms with Gasteiger partial charge in [0, 0.05) is 23.9 Å². The molecule has 0 atom stereocenters. The van der Waals surface area contributed by atoms with Gasteiger partial charge in [-0.15, -0.1) is 0 Å². The quantitative estimate of drug-likeness (QED) is 0.649. The Balaban J connectivity index is 2.68. The maximum atomic E-state index is 11.6. The molecule has 0 aliphatic heterocycles. The van der Waals surface area contributed by atoms with Crippen LogP contribution in [0.3, 0.4) is 0 Å². The zero-order valence-electron chi connectivity index (χ0n) is 10.4. The first-order valence-electron chi connectivity index (χ1n) is 5.45. The predicted octanol–water partition coefficient (Wildman–Crippen LogP) is 1.24. The maximum absolute atomic E-state index is 11.6. The van der Waals surface area contributed by atoms with E-state index in [0.717, 1.165) is 6.07 Å². The lowest BCUT2D eigenvalue weighted by atomic mass is 10.1. The molecule has 0 spiro atoms. The molecule has 0 aliphatic carbocycles. The summed E-state index contributed by atoms with van der Waals surface area (Å²) in [6.07, 6.45) is 0. The molecule has 0 unspecified atom stereocenters. The summed E-state index contributed by atoms with van der Waals surface area (Å²) < 4.78 is 9.56. The van der Waals surface area contributed by atoms with Crippen molar-refractivity contribution < 1.29 is 19.1 Å². The van der Waals surface area contributed by atoms with E-state index in [4.69, 9.17) is 4.74 Å². The van der Waals surface area contributed by atoms with E-state index < -0.39 is 17.5 Å². The van der Waals surface area contributed by atoms with Crippen LogP contribution in [-0.4, -0.2) is 24.0 Å². The Hall–Kier alpha value is -2.63. The molecule has 0 saturated carbocycles. The first-order chi connectivity index (χ1) is 9.01. The summed E-state index contributed by atoms with van der Waals surface area (Å²) in [5.41, 5.74) is 0.173. The van der Waals surface area contributed by atoms with Crippen molar-refractivity contribution in [3.8, 4) is 5.75 Å². The molecule has 1 aromatic heterocycles. The van der Waals surface area contributed by atoms with Crippen LogP contribution in [0, 0.1) is 0 Å². The second-order valence-corrected chi connectivity index (χ2v) is 3.84. The molecule has 0 aliphatic rings. The average Bonchev–Trinajstić information content (AvgIpc) is 2.36. The van der Waals surface area contributed by atoms with Crippen LogP contribution in [0.25, 0.3) is 10.9 Å². The van der Waals surface area contributed by atoms with Crippen molar-refractivity contribution in [2.24, 2.45) is 0 Å². The van der Waals surface area contributed by atoms with Gasteiger partial charge in [-0.3, -0.25) is 9.59 Å². The highest BCUT2D eigenvalue weighted by molar-refractivity contribution is 6.03. The van der Waals surface area contributed by atoms with Crippen LogP contribution in [0.4, 0.5) is 0 Å². The van der Waals surface area contributed by atoms with E-state index in [0.29, 0.717) is 10.9 Å². The van der Waals surface area contributed by atoms with Gasteiger partial charge in [-0.25, -0.2) is 4.79 Å². The molecule has 98 valence electrons. The molecule has 1 aromatic carbocycles. The third kappa shape index (κ3) is 2.62. The molecule has 6 heteroatoms. The summed E-state index contributed by atoms with van der Waals surface area (Å²) in [6.45, 7) is 1.28. The van der Waals surface area contributed by atoms with Crippen molar-refractivity contribution in [1.29, 1.82) is 0 Å². The highest BCUT2D eigenvalue weighted by Crippen LogP contribution is 2.22. The number of carbonyl (C=O) groups excluding carboxylic acids is 2. The fourth-order valence-corrected chi connectivity index (χ4v) is 1.74. The molecular formula is C13H11NO5. The van der Waals surface area contributed by atoms with Gasteiger partial charge in [-0.05, 0) is 18.2 Å². The van der Waals surface area contributed by atoms with Gasteiger partial charge in [0.05, 0.1) is 12.7 Å². The molecule has 0 bridgehead atoms. The normalized spacial score (nSPS) is 10.2. The molecule has 0 amide bonds. The first-order valence-corrected chi connectivity index (χ1v) is 5.45. The molecule has 1 N–H and O–H groups in total. The summed E-state index contributed by atoms with van der Waals surface area (Å²) in [7, 11) is 1.23. The number of aromatic nitrogens is 1. The van der Waals surface area contributed by atoms with Crippen molar-refractivity contribution in [2.45, 2.75) is 6.92 Å². The van der Waals surface area contributed by atoms with Crippen LogP contribution in [-0.2, 0) is 9.53 Å². The smallest absolute Gasteiger partial charge is 0.338 e. The highest BCUT2D eigenvalue weighted by atomic mass is 16.5. The zero-order valence-corrected chi connectivity index (χ0v) is 10.4. The minimum Gasteiger partial charge on any atom is -0.465 e. The first kappa shape index (κ1) is 12.8. The van der Waals surface area contributed by atoms with Crippen molar-refractivity contribution >= 4 is 22.8 Å². The summed E-state index contributed by atoms with van der Waals surface area (Å²) in [5.74, 6) is -0.809. The monoisotopic (exact) mass is 261 g/mol. The SMILES string of the molecule is COC(=O)c1cc(=O)[nH]c2ccc(OC(C)=O)cc12. The average molecular weight is 261 g/mol. The van der Waals surface area contributed by atoms with Crippen molar-refractivity contribution in [1.82, 2.24) is 4.98 Å². The number of rotatable bonds is 2. The lowest BCUT2D eigenvalue weighted by Gasteiger charge is -2.06. The van der Waals surface area contributed by atoms with E-state index >= 15 is 0 Å². The van der Waals surface area contributed by atoms with E-state index in [1.807, 2.05) is 0 Å². The van der Waals surface area contributed by atoms with Gasteiger partial charge in [0.1, 0.15) is 5.75 Å². The van der Waals surface area contributed by atoms with Crippen molar-refractivity contribution in [3.63, 3.8) is 0 Å². The molecular weight excluding hydrogens is 250 g/mol. The number of benzene rings is 1. The third-order valence-electron chi connectivity index (χ3n) is 2.48. The fourth-order valence-electron chi connectivity index (χ4n) is 1.74. The van der Waals surface area contributed by atoms with Crippen molar-refractivity contribution in [3.05, 3.63) is 40.2 Å². The van der Waals surface area contributed by atoms with Gasteiger partial charge < -0.3 is 14.5 Å². The minimum absolute atomic E-state index is 0.121. The number of esters is 2. The lowest BCUT2D eigenvalue weighted by Crippen LogP contribution is -2.12. The standard InChI is InChI=1S/C13H11NO5/c1-7(15)19-8-3-4-11-9(5-8)10(13(17)18-2)6-12(16)14-11/h3-6H,1-2H3,(H,14,16). The molecule has 2 rings (SSSR count). The predicted molar refractivity (Wildman–Crippen MR) is 67.2 cm³/mol. The topological polar surface area (TPSA) is 85.5 Å². The van der Waals surface area contributed by atoms with E-state index in [2.05, 4.69) is 9.72 Å². The largest absolute Gasteiger partial charge is 0.465 e. The van der Waals surface area contributed by atoms with Crippen molar-refractivity contribution in [2.75, 3.05) is 7.11 Å². The number of methoxy groups -OCH3 is 1. The Morgan fingerprint density at radius 3 is 2.58 bits per heavy atom. The van der Waals surface area contributed by atoms with Crippen LogP contribution >= 0.6 is 0 Å². The van der Waals surface area contributed by atoms with Crippen LogP contribution in [0.2, 0.25) is 0 Å². The number of nitrogens with one attached hydrogen (secondary N) is 1. The summed E-state index contributed by atoms with van der Waals surface area (Å²) in [4.78, 5) is 36.6. The number of pyridine rings is 1. The Labute approximate surface area is 108 Å². The number of H-pyrrole nitrogens is 1. The number of hydrogen-bond acceptors (Lipinski definition) is 5. The van der Waals surface area contributed by atoms with E-state index in [-0.39, 0.29) is 11.3 Å². The summed E-state index contributed by atoms with van der Waals surface area (Å²) >= 11 is 0. The van der Waals surface area contributed by atoms with E-state index in [1.54, 1.807) is 6.07 Å². The molecule has 0 radical (unpaired) electrons. The summed E-state index contributed by atoms with van der Waals surface area (Å²) in [6, 6.07) is 5.73. The highest BCUT2D eigenvalue weighted by Gasteiger charge is 2.13. The minimum atomic E-state index is -0.629. The number of hydrogen-bond donors (Lipinski definition) is 1. The second-order valence-electron chi connectivity index (χ2n) is 3.84. The summed E-state index contributed by atoms with van der Waals surface area (Å²) in [5, 5.41) is 0.449. The van der Waals surface area contributed by atoms with Crippen LogP contribution in [0.1, 0.15) is 17.3 Å². The Morgan fingerprint density at radius 1 is 1.21 bits per heavy atom. The Bertz CT molecular complexity index is 717. The van der Waals surface area contributed by atoms with Crippen LogP contribution < -0.4 is 10.3 Å². The molecule has 19 heavy (non-hydrogen) atoms. The molecule has 0 fully saturated rings. The van der Waals surface area contributed by atoms with Gasteiger partial charge in [-0.1, -0.05) is 0 Å². The van der Waals surface area contributed by atoms with Gasteiger partial charge in [-0.2, -0.15) is 0 Å². The number of carbonyl (C=O) groups is 2. The molecule has 2 aromatic rings. The molecule has 6 nitrogen and oxygen atoms in total. The lowest BCUT2D eigenvalue weighted by molar-refractivity contribution is -0.131. The molecule has 0 saturated heterocycles. The van der Waals surface area contributed by atoms with E-state index in [9.17, 15) is 14.4 Å². The van der Waals surface area contributed by atoms with Crippen LogP contribution in [0.5, 0.6) is 5.75 Å². The van der Waals surface area contributed by atoms with E-state index in [1.165, 1.54) is 26.2 Å². The number of ether oxygens (including phenoxy) is 2. The Kier molecular flexibility index (Phi) is 3.33. The fraction of sp³-hybridized carbons (Fsp3) is 0.154. The van der Waals surface area contributed by atoms with Gasteiger partial charge in [0.2, 0.25) is 5.56 Å². The number of fused-ring (bicyclic) bond motifs is 1. The second kappa shape index (κ2) is 4.93. The zero-order chi connectivity index (χ0) is 14.0. The Morgan fingerprint density at radius 2 is 1.95 bits per heavy atom. The molecule has 1 heterocycles. The third-order valence-corrected chi connectivity index (χ3v) is 2.48. The van der Waals surface area contributed by atoms with Gasteiger partial charge >= 0.3 is 11.9 Å². The number of aromatic amines is 1.